The maximum Gasteiger partial charge on any atom is 0.416 e. The van der Waals surface area contributed by atoms with Crippen LogP contribution in [0.15, 0.2) is 53.8 Å². The molecular weight excluding hydrogens is 303 g/mol. The normalized spacial score (nSPS) is 12.3. The Hall–Kier alpha value is -2.37. The monoisotopic (exact) mass is 321 g/mol. The van der Waals surface area contributed by atoms with Crippen molar-refractivity contribution in [3.63, 3.8) is 0 Å². The lowest BCUT2D eigenvalue weighted by Gasteiger charge is -2.13. The van der Waals surface area contributed by atoms with Gasteiger partial charge in [-0.3, -0.25) is 9.98 Å². The maximum absolute atomic E-state index is 12.8. The third kappa shape index (κ3) is 5.09. The molecule has 0 saturated heterocycles. The van der Waals surface area contributed by atoms with Crippen molar-refractivity contribution in [2.45, 2.75) is 25.9 Å². The van der Waals surface area contributed by atoms with Crippen molar-refractivity contribution in [2.75, 3.05) is 11.9 Å². The van der Waals surface area contributed by atoms with Gasteiger partial charge in [-0.15, -0.1) is 0 Å². The van der Waals surface area contributed by atoms with Gasteiger partial charge in [0.1, 0.15) is 5.84 Å². The van der Waals surface area contributed by atoms with Crippen LogP contribution in [0.1, 0.15) is 30.9 Å². The van der Waals surface area contributed by atoms with Crippen LogP contribution in [0.4, 0.5) is 18.9 Å². The molecule has 3 nitrogen and oxygen atoms in total. The van der Waals surface area contributed by atoms with Gasteiger partial charge in [0, 0.05) is 30.2 Å². The van der Waals surface area contributed by atoms with E-state index in [0.717, 1.165) is 30.5 Å². The number of aromatic nitrogens is 1. The topological polar surface area (TPSA) is 37.3 Å². The van der Waals surface area contributed by atoms with Crippen molar-refractivity contribution in [1.82, 2.24) is 4.98 Å². The maximum atomic E-state index is 12.8. The van der Waals surface area contributed by atoms with E-state index in [4.69, 9.17) is 0 Å². The minimum atomic E-state index is -4.37. The van der Waals surface area contributed by atoms with Crippen molar-refractivity contribution in [1.29, 1.82) is 0 Å². The lowest BCUT2D eigenvalue weighted by molar-refractivity contribution is -0.137. The summed E-state index contributed by atoms with van der Waals surface area (Å²) >= 11 is 0. The summed E-state index contributed by atoms with van der Waals surface area (Å²) in [7, 11) is 0. The Labute approximate surface area is 133 Å². The number of rotatable bonds is 5. The van der Waals surface area contributed by atoms with E-state index < -0.39 is 11.7 Å². The van der Waals surface area contributed by atoms with Crippen LogP contribution < -0.4 is 5.32 Å². The van der Waals surface area contributed by atoms with Gasteiger partial charge in [0.2, 0.25) is 0 Å². The molecule has 0 atom stereocenters. The first-order valence-corrected chi connectivity index (χ1v) is 7.40. The highest BCUT2D eigenvalue weighted by Gasteiger charge is 2.30. The second-order valence-electron chi connectivity index (χ2n) is 5.03. The van der Waals surface area contributed by atoms with E-state index in [2.05, 4.69) is 22.2 Å². The molecule has 0 fully saturated rings. The summed E-state index contributed by atoms with van der Waals surface area (Å²) in [5.74, 6) is 0.519. The van der Waals surface area contributed by atoms with E-state index in [1.807, 2.05) is 6.07 Å². The van der Waals surface area contributed by atoms with E-state index in [1.165, 1.54) is 6.07 Å². The Morgan fingerprint density at radius 3 is 2.70 bits per heavy atom. The Balaban J connectivity index is 2.26. The Morgan fingerprint density at radius 2 is 2.04 bits per heavy atom. The van der Waals surface area contributed by atoms with Gasteiger partial charge in [0.05, 0.1) is 5.56 Å². The Kier molecular flexibility index (Phi) is 5.73. The summed E-state index contributed by atoms with van der Waals surface area (Å²) in [6.07, 6.45) is 0.801. The van der Waals surface area contributed by atoms with E-state index in [1.54, 1.807) is 24.5 Å². The minimum absolute atomic E-state index is 0.346. The average Bonchev–Trinajstić information content (AvgIpc) is 2.54. The first kappa shape index (κ1) is 17.0. The number of pyridine rings is 1. The summed E-state index contributed by atoms with van der Waals surface area (Å²) in [6, 6.07) is 8.66. The van der Waals surface area contributed by atoms with Gasteiger partial charge in [-0.1, -0.05) is 19.4 Å². The molecule has 6 heteroatoms. The van der Waals surface area contributed by atoms with Gasteiger partial charge >= 0.3 is 6.18 Å². The van der Waals surface area contributed by atoms with Crippen LogP contribution in [0.25, 0.3) is 0 Å². The number of aliphatic imine (C=N–C) groups is 1. The molecule has 0 amide bonds. The number of hydrogen-bond acceptors (Lipinski definition) is 2. The molecule has 0 bridgehead atoms. The van der Waals surface area contributed by atoms with E-state index in [0.29, 0.717) is 18.1 Å². The van der Waals surface area contributed by atoms with Crippen LogP contribution in [-0.2, 0) is 6.18 Å². The lowest BCUT2D eigenvalue weighted by Crippen LogP contribution is -2.15. The zero-order valence-corrected chi connectivity index (χ0v) is 12.8. The Bertz CT molecular complexity index is 652. The molecular formula is C17H18F3N3. The van der Waals surface area contributed by atoms with E-state index in [-0.39, 0.29) is 0 Å². The van der Waals surface area contributed by atoms with Crippen LogP contribution in [0, 0.1) is 0 Å². The number of benzene rings is 1. The minimum Gasteiger partial charge on any atom is -0.340 e. The fourth-order valence-corrected chi connectivity index (χ4v) is 1.96. The number of nitrogens with zero attached hydrogens (tertiary/aromatic N) is 2. The largest absolute Gasteiger partial charge is 0.416 e. The van der Waals surface area contributed by atoms with Crippen molar-refractivity contribution >= 4 is 11.5 Å². The number of unbranched alkanes of at least 4 members (excludes halogenated alkanes) is 1. The SMILES string of the molecule is CCCCN=C(Nc1cccc(C(F)(F)F)c1)c1cccnc1. The van der Waals surface area contributed by atoms with Gasteiger partial charge < -0.3 is 5.32 Å². The predicted octanol–water partition coefficient (Wildman–Crippen LogP) is 4.76. The second kappa shape index (κ2) is 7.76. The van der Waals surface area contributed by atoms with Crippen LogP contribution in [0.5, 0.6) is 0 Å². The van der Waals surface area contributed by atoms with Crippen molar-refractivity contribution in [3.8, 4) is 0 Å². The number of halogens is 3. The van der Waals surface area contributed by atoms with E-state index in [9.17, 15) is 13.2 Å². The number of anilines is 1. The molecule has 122 valence electrons. The third-order valence-electron chi connectivity index (χ3n) is 3.17. The van der Waals surface area contributed by atoms with Crippen LogP contribution in [0.3, 0.4) is 0 Å². The highest BCUT2D eigenvalue weighted by molar-refractivity contribution is 6.08. The number of amidine groups is 1. The molecule has 1 heterocycles. The summed E-state index contributed by atoms with van der Waals surface area (Å²) < 4.78 is 38.4. The van der Waals surface area contributed by atoms with Crippen LogP contribution in [0.2, 0.25) is 0 Å². The van der Waals surface area contributed by atoms with Gasteiger partial charge in [-0.05, 0) is 36.8 Å². The summed E-state index contributed by atoms with van der Waals surface area (Å²) in [5.41, 5.74) is 0.390. The van der Waals surface area contributed by atoms with Crippen LogP contribution in [-0.4, -0.2) is 17.4 Å². The van der Waals surface area contributed by atoms with E-state index >= 15 is 0 Å². The summed E-state index contributed by atoms with van der Waals surface area (Å²) in [5, 5.41) is 2.98. The smallest absolute Gasteiger partial charge is 0.340 e. The molecule has 0 unspecified atom stereocenters. The first-order chi connectivity index (χ1) is 11.0. The molecule has 0 aliphatic carbocycles. The Morgan fingerprint density at radius 1 is 1.22 bits per heavy atom. The molecule has 1 aromatic heterocycles. The molecule has 1 aromatic carbocycles. The zero-order valence-electron chi connectivity index (χ0n) is 12.8. The second-order valence-corrected chi connectivity index (χ2v) is 5.03. The zero-order chi connectivity index (χ0) is 16.7. The summed E-state index contributed by atoms with van der Waals surface area (Å²) in [4.78, 5) is 8.49. The number of nitrogens with one attached hydrogen (secondary N) is 1. The fraction of sp³-hybridized carbons (Fsp3) is 0.294. The highest BCUT2D eigenvalue weighted by Crippen LogP contribution is 2.30. The van der Waals surface area contributed by atoms with Crippen LogP contribution >= 0.6 is 0 Å². The molecule has 0 radical (unpaired) electrons. The van der Waals surface area contributed by atoms with Crippen molar-refractivity contribution in [3.05, 3.63) is 59.9 Å². The van der Waals surface area contributed by atoms with Gasteiger partial charge in [-0.2, -0.15) is 13.2 Å². The number of alkyl halides is 3. The number of hydrogen-bond donors (Lipinski definition) is 1. The predicted molar refractivity (Wildman–Crippen MR) is 85.6 cm³/mol. The van der Waals surface area contributed by atoms with Crippen molar-refractivity contribution < 1.29 is 13.2 Å². The molecule has 1 N–H and O–H groups in total. The molecule has 0 spiro atoms. The average molecular weight is 321 g/mol. The quantitative estimate of drug-likeness (QED) is 0.490. The molecule has 0 aliphatic heterocycles. The lowest BCUT2D eigenvalue weighted by atomic mass is 10.2. The summed E-state index contributed by atoms with van der Waals surface area (Å²) in [6.45, 7) is 2.66. The van der Waals surface area contributed by atoms with Gasteiger partial charge in [0.25, 0.3) is 0 Å². The molecule has 0 aliphatic rings. The molecule has 2 rings (SSSR count). The van der Waals surface area contributed by atoms with Gasteiger partial charge in [-0.25, -0.2) is 0 Å². The third-order valence-corrected chi connectivity index (χ3v) is 3.17. The molecule has 23 heavy (non-hydrogen) atoms. The van der Waals surface area contributed by atoms with Crippen molar-refractivity contribution in [2.24, 2.45) is 4.99 Å². The standard InChI is InChI=1S/C17H18F3N3/c1-2-3-10-22-16(13-6-5-9-21-12-13)23-15-8-4-7-14(11-15)17(18,19)20/h4-9,11-12H,2-3,10H2,1H3,(H,22,23). The fourth-order valence-electron chi connectivity index (χ4n) is 1.96. The first-order valence-electron chi connectivity index (χ1n) is 7.40. The van der Waals surface area contributed by atoms with Gasteiger partial charge in [0.15, 0.2) is 0 Å². The molecule has 0 saturated carbocycles. The highest BCUT2D eigenvalue weighted by atomic mass is 19.4. The molecule has 2 aromatic rings.